The van der Waals surface area contributed by atoms with Gasteiger partial charge in [0.05, 0.1) is 17.4 Å². The number of sulfonamides is 1. The Kier molecular flexibility index (Phi) is 5.26. The SMILES string of the molecule is Cc1ccc(O)c(CC(=O)NC(C)c2cccc(S(N)(=O)=O)c2)c1. The molecule has 0 aliphatic rings. The topological polar surface area (TPSA) is 109 Å². The number of hydrogen-bond donors (Lipinski definition) is 3. The fourth-order valence-electron chi connectivity index (χ4n) is 2.37. The Hall–Kier alpha value is -2.38. The number of phenolic OH excluding ortho intramolecular Hbond substituents is 1. The molecule has 24 heavy (non-hydrogen) atoms. The second-order valence-corrected chi connectivity index (χ2v) is 7.28. The summed E-state index contributed by atoms with van der Waals surface area (Å²) in [6, 6.07) is 10.8. The van der Waals surface area contributed by atoms with Gasteiger partial charge in [0.25, 0.3) is 0 Å². The molecule has 2 aromatic carbocycles. The lowest BCUT2D eigenvalue weighted by Crippen LogP contribution is -2.28. The fourth-order valence-corrected chi connectivity index (χ4v) is 2.93. The lowest BCUT2D eigenvalue weighted by molar-refractivity contribution is -0.121. The van der Waals surface area contributed by atoms with Crippen LogP contribution in [0.1, 0.15) is 29.7 Å². The van der Waals surface area contributed by atoms with Crippen molar-refractivity contribution < 1.29 is 18.3 Å². The van der Waals surface area contributed by atoms with Crippen LogP contribution in [0.3, 0.4) is 0 Å². The second-order valence-electron chi connectivity index (χ2n) is 5.72. The predicted molar refractivity (Wildman–Crippen MR) is 90.9 cm³/mol. The standard InChI is InChI=1S/C17H20N2O4S/c1-11-6-7-16(20)14(8-11)10-17(21)19-12(2)13-4-3-5-15(9-13)24(18,22)23/h3-9,12,20H,10H2,1-2H3,(H,19,21)(H2,18,22,23). The summed E-state index contributed by atoms with van der Waals surface area (Å²) >= 11 is 0. The van der Waals surface area contributed by atoms with Crippen LogP contribution in [0.25, 0.3) is 0 Å². The summed E-state index contributed by atoms with van der Waals surface area (Å²) in [6.07, 6.45) is 0.0345. The third-order valence-electron chi connectivity index (χ3n) is 3.65. The number of carbonyl (C=O) groups is 1. The quantitative estimate of drug-likeness (QED) is 0.765. The highest BCUT2D eigenvalue weighted by molar-refractivity contribution is 7.89. The summed E-state index contributed by atoms with van der Waals surface area (Å²) < 4.78 is 22.8. The molecule has 1 atom stereocenters. The molecule has 0 aliphatic carbocycles. The number of primary sulfonamides is 1. The van der Waals surface area contributed by atoms with Crippen molar-refractivity contribution in [3.8, 4) is 5.75 Å². The first-order valence-corrected chi connectivity index (χ1v) is 8.92. The maximum absolute atomic E-state index is 12.2. The van der Waals surface area contributed by atoms with Gasteiger partial charge in [-0.15, -0.1) is 0 Å². The van der Waals surface area contributed by atoms with Crippen LogP contribution in [0.2, 0.25) is 0 Å². The number of nitrogens with two attached hydrogens (primary N) is 1. The average molecular weight is 348 g/mol. The van der Waals surface area contributed by atoms with Crippen molar-refractivity contribution in [2.24, 2.45) is 5.14 Å². The highest BCUT2D eigenvalue weighted by Crippen LogP contribution is 2.20. The maximum atomic E-state index is 12.2. The van der Waals surface area contributed by atoms with Crippen LogP contribution in [0.15, 0.2) is 47.4 Å². The van der Waals surface area contributed by atoms with Gasteiger partial charge >= 0.3 is 0 Å². The summed E-state index contributed by atoms with van der Waals surface area (Å²) in [6.45, 7) is 3.62. The van der Waals surface area contributed by atoms with Gasteiger partial charge in [0, 0.05) is 5.56 Å². The Morgan fingerprint density at radius 3 is 2.62 bits per heavy atom. The Balaban J connectivity index is 2.10. The van der Waals surface area contributed by atoms with Crippen molar-refractivity contribution in [2.45, 2.75) is 31.2 Å². The minimum absolute atomic E-state index is 0.00238. The van der Waals surface area contributed by atoms with E-state index in [1.807, 2.05) is 6.92 Å². The van der Waals surface area contributed by atoms with Crippen LogP contribution in [-0.4, -0.2) is 19.4 Å². The molecular weight excluding hydrogens is 328 g/mol. The molecule has 1 unspecified atom stereocenters. The molecule has 2 rings (SSSR count). The molecule has 0 spiro atoms. The molecule has 1 amide bonds. The number of aromatic hydroxyl groups is 1. The molecule has 0 fully saturated rings. The summed E-state index contributed by atoms with van der Waals surface area (Å²) in [5.74, 6) is -0.205. The number of rotatable bonds is 5. The maximum Gasteiger partial charge on any atom is 0.238 e. The average Bonchev–Trinajstić information content (AvgIpc) is 2.50. The summed E-state index contributed by atoms with van der Waals surface area (Å²) in [7, 11) is -3.79. The van der Waals surface area contributed by atoms with Gasteiger partial charge in [-0.25, -0.2) is 13.6 Å². The Morgan fingerprint density at radius 1 is 1.25 bits per heavy atom. The molecule has 6 nitrogen and oxygen atoms in total. The van der Waals surface area contributed by atoms with Gasteiger partial charge in [-0.1, -0.05) is 29.8 Å². The summed E-state index contributed by atoms with van der Waals surface area (Å²) in [5.41, 5.74) is 2.12. The summed E-state index contributed by atoms with van der Waals surface area (Å²) in [4.78, 5) is 12.2. The molecule has 0 saturated carbocycles. The number of hydrogen-bond acceptors (Lipinski definition) is 4. The van der Waals surface area contributed by atoms with Gasteiger partial charge in [-0.3, -0.25) is 4.79 Å². The molecule has 2 aromatic rings. The van der Waals surface area contributed by atoms with E-state index in [0.29, 0.717) is 11.1 Å². The molecule has 0 aromatic heterocycles. The number of amides is 1. The van der Waals surface area contributed by atoms with Crippen molar-refractivity contribution in [2.75, 3.05) is 0 Å². The van der Waals surface area contributed by atoms with E-state index in [1.165, 1.54) is 12.1 Å². The van der Waals surface area contributed by atoms with Gasteiger partial charge in [0.2, 0.25) is 15.9 Å². The van der Waals surface area contributed by atoms with Crippen LogP contribution in [0, 0.1) is 6.92 Å². The first-order chi connectivity index (χ1) is 11.2. The second kappa shape index (κ2) is 7.02. The van der Waals surface area contributed by atoms with Crippen molar-refractivity contribution in [3.05, 3.63) is 59.2 Å². The van der Waals surface area contributed by atoms with Crippen LogP contribution in [0.4, 0.5) is 0 Å². The molecule has 0 heterocycles. The third-order valence-corrected chi connectivity index (χ3v) is 4.56. The molecule has 7 heteroatoms. The number of aryl methyl sites for hydroxylation is 1. The zero-order valence-corrected chi connectivity index (χ0v) is 14.3. The van der Waals surface area contributed by atoms with Crippen molar-refractivity contribution in [1.29, 1.82) is 0 Å². The van der Waals surface area contributed by atoms with E-state index in [0.717, 1.165) is 5.56 Å². The number of phenols is 1. The molecule has 0 bridgehead atoms. The van der Waals surface area contributed by atoms with E-state index in [-0.39, 0.29) is 23.0 Å². The first kappa shape index (κ1) is 18.0. The molecule has 4 N–H and O–H groups in total. The first-order valence-electron chi connectivity index (χ1n) is 7.37. The highest BCUT2D eigenvalue weighted by Gasteiger charge is 2.15. The van der Waals surface area contributed by atoms with Gasteiger partial charge < -0.3 is 10.4 Å². The van der Waals surface area contributed by atoms with E-state index in [2.05, 4.69) is 5.32 Å². The zero-order chi connectivity index (χ0) is 17.9. The van der Waals surface area contributed by atoms with E-state index in [9.17, 15) is 18.3 Å². The molecule has 0 saturated heterocycles. The monoisotopic (exact) mass is 348 g/mol. The van der Waals surface area contributed by atoms with E-state index in [1.54, 1.807) is 37.3 Å². The smallest absolute Gasteiger partial charge is 0.238 e. The third kappa shape index (κ3) is 4.56. The molecule has 0 radical (unpaired) electrons. The lowest BCUT2D eigenvalue weighted by Gasteiger charge is -2.15. The normalized spacial score (nSPS) is 12.6. The van der Waals surface area contributed by atoms with Crippen LogP contribution in [0.5, 0.6) is 5.75 Å². The summed E-state index contributed by atoms with van der Waals surface area (Å²) in [5, 5.41) is 17.7. The van der Waals surface area contributed by atoms with E-state index in [4.69, 9.17) is 5.14 Å². The van der Waals surface area contributed by atoms with Gasteiger partial charge in [-0.2, -0.15) is 0 Å². The van der Waals surface area contributed by atoms with Gasteiger partial charge in [0.1, 0.15) is 5.75 Å². The van der Waals surface area contributed by atoms with Gasteiger partial charge in [0.15, 0.2) is 0 Å². The molecular formula is C17H20N2O4S. The van der Waals surface area contributed by atoms with Crippen molar-refractivity contribution >= 4 is 15.9 Å². The van der Waals surface area contributed by atoms with Crippen LogP contribution in [-0.2, 0) is 21.2 Å². The van der Waals surface area contributed by atoms with Crippen LogP contribution < -0.4 is 10.5 Å². The Bertz CT molecular complexity index is 863. The minimum atomic E-state index is -3.79. The number of benzene rings is 2. The van der Waals surface area contributed by atoms with Crippen LogP contribution >= 0.6 is 0 Å². The Morgan fingerprint density at radius 2 is 1.96 bits per heavy atom. The zero-order valence-electron chi connectivity index (χ0n) is 13.5. The largest absolute Gasteiger partial charge is 0.508 e. The molecule has 128 valence electrons. The number of nitrogens with one attached hydrogen (secondary N) is 1. The van der Waals surface area contributed by atoms with E-state index < -0.39 is 16.1 Å². The number of carbonyl (C=O) groups excluding carboxylic acids is 1. The minimum Gasteiger partial charge on any atom is -0.508 e. The lowest BCUT2D eigenvalue weighted by atomic mass is 10.1. The predicted octanol–water partition coefficient (Wildman–Crippen LogP) is 1.77. The van der Waals surface area contributed by atoms with Gasteiger partial charge in [-0.05, 0) is 37.6 Å². The van der Waals surface area contributed by atoms with Crippen molar-refractivity contribution in [1.82, 2.24) is 5.32 Å². The van der Waals surface area contributed by atoms with Crippen molar-refractivity contribution in [3.63, 3.8) is 0 Å². The molecule has 0 aliphatic heterocycles. The fraction of sp³-hybridized carbons (Fsp3) is 0.235. The highest BCUT2D eigenvalue weighted by atomic mass is 32.2. The Labute approximate surface area is 141 Å². The van der Waals surface area contributed by atoms with E-state index >= 15 is 0 Å².